The van der Waals surface area contributed by atoms with Crippen LogP contribution in [0.5, 0.6) is 5.75 Å². The van der Waals surface area contributed by atoms with Gasteiger partial charge in [-0.2, -0.15) is 0 Å². The van der Waals surface area contributed by atoms with Crippen LogP contribution < -0.4 is 0 Å². The predicted molar refractivity (Wildman–Crippen MR) is 82.7 cm³/mol. The van der Waals surface area contributed by atoms with Crippen molar-refractivity contribution < 1.29 is 14.3 Å². The van der Waals surface area contributed by atoms with Gasteiger partial charge < -0.3 is 10.0 Å². The lowest BCUT2D eigenvalue weighted by molar-refractivity contribution is 0.0736. The topological polar surface area (TPSA) is 40.5 Å². The summed E-state index contributed by atoms with van der Waals surface area (Å²) < 4.78 is 14.5. The third-order valence-electron chi connectivity index (χ3n) is 3.45. The molecule has 1 N–H and O–H groups in total. The third-order valence-corrected chi connectivity index (χ3v) is 3.94. The van der Waals surface area contributed by atoms with Crippen LogP contribution in [-0.4, -0.2) is 23.0 Å². The Morgan fingerprint density at radius 1 is 1.29 bits per heavy atom. The van der Waals surface area contributed by atoms with Crippen LogP contribution in [0, 0.1) is 5.82 Å². The minimum absolute atomic E-state index is 0.00275. The number of aromatic hydroxyl groups is 1. The molecule has 3 nitrogen and oxygen atoms in total. The normalized spacial score (nSPS) is 12.0. The highest BCUT2D eigenvalue weighted by atomic mass is 79.9. The Bertz CT molecular complexity index is 675. The average molecular weight is 352 g/mol. The van der Waals surface area contributed by atoms with Crippen LogP contribution in [0.1, 0.15) is 28.9 Å². The van der Waals surface area contributed by atoms with Gasteiger partial charge in [-0.05, 0) is 31.2 Å². The van der Waals surface area contributed by atoms with Crippen molar-refractivity contribution in [3.05, 3.63) is 63.9 Å². The lowest BCUT2D eigenvalue weighted by Crippen LogP contribution is -2.30. The Labute approximate surface area is 131 Å². The van der Waals surface area contributed by atoms with Gasteiger partial charge in [0, 0.05) is 17.1 Å². The summed E-state index contributed by atoms with van der Waals surface area (Å²) >= 11 is 3.16. The first kappa shape index (κ1) is 15.5. The van der Waals surface area contributed by atoms with E-state index in [1.54, 1.807) is 44.3 Å². The Hall–Kier alpha value is -1.88. The molecule has 0 saturated carbocycles. The van der Waals surface area contributed by atoms with Crippen molar-refractivity contribution in [3.63, 3.8) is 0 Å². The molecule has 1 unspecified atom stereocenters. The summed E-state index contributed by atoms with van der Waals surface area (Å²) in [5.74, 6) is -0.901. The zero-order valence-corrected chi connectivity index (χ0v) is 13.3. The van der Waals surface area contributed by atoms with E-state index in [4.69, 9.17) is 0 Å². The molecule has 0 aliphatic heterocycles. The number of carbonyl (C=O) groups excluding carboxylic acids is 1. The van der Waals surface area contributed by atoms with E-state index >= 15 is 0 Å². The van der Waals surface area contributed by atoms with Crippen LogP contribution in [-0.2, 0) is 0 Å². The standard InChI is InChI=1S/C16H15BrFNO2/c1-10(12-5-3-4-6-15(12)20)19(2)16(21)13-8-7-11(17)9-14(13)18/h3-10,20H,1-2H3. The fourth-order valence-corrected chi connectivity index (χ4v) is 2.41. The monoisotopic (exact) mass is 351 g/mol. The van der Waals surface area contributed by atoms with Crippen molar-refractivity contribution in [2.45, 2.75) is 13.0 Å². The molecule has 21 heavy (non-hydrogen) atoms. The highest BCUT2D eigenvalue weighted by Crippen LogP contribution is 2.28. The van der Waals surface area contributed by atoms with Gasteiger partial charge in [-0.3, -0.25) is 4.79 Å². The number of benzene rings is 2. The molecule has 0 aliphatic carbocycles. The van der Waals surface area contributed by atoms with E-state index in [-0.39, 0.29) is 17.4 Å². The first-order valence-electron chi connectivity index (χ1n) is 6.42. The fraction of sp³-hybridized carbons (Fsp3) is 0.188. The minimum Gasteiger partial charge on any atom is -0.508 e. The van der Waals surface area contributed by atoms with E-state index in [1.165, 1.54) is 17.0 Å². The number of hydrogen-bond acceptors (Lipinski definition) is 2. The summed E-state index contributed by atoms with van der Waals surface area (Å²) in [5.41, 5.74) is 0.619. The molecule has 5 heteroatoms. The first-order valence-corrected chi connectivity index (χ1v) is 7.21. The van der Waals surface area contributed by atoms with Crippen LogP contribution in [0.2, 0.25) is 0 Å². The minimum atomic E-state index is -0.578. The van der Waals surface area contributed by atoms with Crippen LogP contribution in [0.15, 0.2) is 46.9 Å². The smallest absolute Gasteiger partial charge is 0.257 e. The summed E-state index contributed by atoms with van der Waals surface area (Å²) in [4.78, 5) is 13.8. The lowest BCUT2D eigenvalue weighted by atomic mass is 10.0. The maximum Gasteiger partial charge on any atom is 0.257 e. The number of phenolic OH excluding ortho intramolecular Hbond substituents is 1. The highest BCUT2D eigenvalue weighted by molar-refractivity contribution is 9.10. The van der Waals surface area contributed by atoms with Gasteiger partial charge in [0.2, 0.25) is 0 Å². The molecule has 0 aromatic heterocycles. The van der Waals surface area contributed by atoms with Gasteiger partial charge in [-0.1, -0.05) is 34.1 Å². The second-order valence-electron chi connectivity index (χ2n) is 4.78. The number of rotatable bonds is 3. The third kappa shape index (κ3) is 3.24. The molecular formula is C16H15BrFNO2. The second-order valence-corrected chi connectivity index (χ2v) is 5.69. The van der Waals surface area contributed by atoms with Crippen molar-refractivity contribution in [2.24, 2.45) is 0 Å². The van der Waals surface area contributed by atoms with Crippen molar-refractivity contribution in [2.75, 3.05) is 7.05 Å². The number of hydrogen-bond donors (Lipinski definition) is 1. The van der Waals surface area contributed by atoms with E-state index in [0.29, 0.717) is 10.0 Å². The molecular weight excluding hydrogens is 337 g/mol. The molecule has 1 amide bonds. The number of phenols is 1. The molecule has 0 heterocycles. The van der Waals surface area contributed by atoms with Gasteiger partial charge in [0.25, 0.3) is 5.91 Å². The largest absolute Gasteiger partial charge is 0.508 e. The van der Waals surface area contributed by atoms with E-state index in [2.05, 4.69) is 15.9 Å². The summed E-state index contributed by atoms with van der Waals surface area (Å²) in [6, 6.07) is 10.7. The Morgan fingerprint density at radius 2 is 1.95 bits per heavy atom. The molecule has 0 spiro atoms. The van der Waals surface area contributed by atoms with E-state index in [0.717, 1.165) is 0 Å². The molecule has 110 valence electrons. The van der Waals surface area contributed by atoms with Crippen molar-refractivity contribution in [3.8, 4) is 5.75 Å². The zero-order chi connectivity index (χ0) is 15.6. The summed E-state index contributed by atoms with van der Waals surface area (Å²) in [6.07, 6.45) is 0. The van der Waals surface area contributed by atoms with E-state index in [9.17, 15) is 14.3 Å². The quantitative estimate of drug-likeness (QED) is 0.903. The molecule has 0 saturated heterocycles. The van der Waals surface area contributed by atoms with E-state index in [1.807, 2.05) is 0 Å². The van der Waals surface area contributed by atoms with Crippen LogP contribution in [0.25, 0.3) is 0 Å². The summed E-state index contributed by atoms with van der Waals surface area (Å²) in [6.45, 7) is 1.78. The van der Waals surface area contributed by atoms with Gasteiger partial charge in [0.05, 0.1) is 11.6 Å². The lowest BCUT2D eigenvalue weighted by Gasteiger charge is -2.26. The van der Waals surface area contributed by atoms with Crippen molar-refractivity contribution in [1.82, 2.24) is 4.90 Å². The van der Waals surface area contributed by atoms with Crippen LogP contribution in [0.3, 0.4) is 0 Å². The molecule has 2 aromatic rings. The van der Waals surface area contributed by atoms with Gasteiger partial charge in [0.15, 0.2) is 0 Å². The first-order chi connectivity index (χ1) is 9.91. The maximum absolute atomic E-state index is 13.9. The van der Waals surface area contributed by atoms with Gasteiger partial charge in [-0.15, -0.1) is 0 Å². The second kappa shape index (κ2) is 6.26. The fourth-order valence-electron chi connectivity index (χ4n) is 2.08. The summed E-state index contributed by atoms with van der Waals surface area (Å²) in [5, 5.41) is 9.85. The number of amides is 1. The number of nitrogens with zero attached hydrogens (tertiary/aromatic N) is 1. The zero-order valence-electron chi connectivity index (χ0n) is 11.7. The Balaban J connectivity index is 2.29. The molecule has 2 rings (SSSR count). The maximum atomic E-state index is 13.9. The number of para-hydroxylation sites is 1. The van der Waals surface area contributed by atoms with E-state index < -0.39 is 11.7 Å². The molecule has 1 atom stereocenters. The SMILES string of the molecule is CC(c1ccccc1O)N(C)C(=O)c1ccc(Br)cc1F. The molecule has 0 fully saturated rings. The highest BCUT2D eigenvalue weighted by Gasteiger charge is 2.23. The van der Waals surface area contributed by atoms with Gasteiger partial charge >= 0.3 is 0 Å². The molecule has 0 radical (unpaired) electrons. The van der Waals surface area contributed by atoms with Crippen molar-refractivity contribution in [1.29, 1.82) is 0 Å². The van der Waals surface area contributed by atoms with Gasteiger partial charge in [-0.25, -0.2) is 4.39 Å². The van der Waals surface area contributed by atoms with Crippen LogP contribution in [0.4, 0.5) is 4.39 Å². The number of halogens is 2. The Morgan fingerprint density at radius 3 is 2.57 bits per heavy atom. The van der Waals surface area contributed by atoms with Gasteiger partial charge in [0.1, 0.15) is 11.6 Å². The molecule has 2 aromatic carbocycles. The van der Waals surface area contributed by atoms with Crippen molar-refractivity contribution >= 4 is 21.8 Å². The predicted octanol–water partition coefficient (Wildman–Crippen LogP) is 4.13. The van der Waals surface area contributed by atoms with Crippen LogP contribution >= 0.6 is 15.9 Å². The average Bonchev–Trinajstić information content (AvgIpc) is 2.45. The summed E-state index contributed by atoms with van der Waals surface area (Å²) in [7, 11) is 1.58. The number of carbonyl (C=O) groups is 1. The molecule has 0 aliphatic rings. The Kier molecular flexibility index (Phi) is 4.63. The molecule has 0 bridgehead atoms.